The molecule has 0 saturated carbocycles. The fraction of sp³-hybridized carbons (Fsp3) is 0.476. The maximum atomic E-state index is 12.8. The van der Waals surface area contributed by atoms with Crippen LogP contribution < -0.4 is 4.90 Å². The zero-order valence-corrected chi connectivity index (χ0v) is 15.4. The van der Waals surface area contributed by atoms with Gasteiger partial charge in [-0.3, -0.25) is 4.79 Å². The molecule has 1 aromatic heterocycles. The van der Waals surface area contributed by atoms with Crippen molar-refractivity contribution in [1.29, 1.82) is 0 Å². The van der Waals surface area contributed by atoms with Gasteiger partial charge in [-0.2, -0.15) is 0 Å². The highest BCUT2D eigenvalue weighted by Crippen LogP contribution is 2.25. The van der Waals surface area contributed by atoms with E-state index in [4.69, 9.17) is 0 Å². The maximum Gasteiger partial charge on any atom is 0.274 e. The van der Waals surface area contributed by atoms with Crippen molar-refractivity contribution in [3.63, 3.8) is 0 Å². The van der Waals surface area contributed by atoms with Crippen molar-refractivity contribution in [2.75, 3.05) is 18.0 Å². The quantitative estimate of drug-likeness (QED) is 0.851. The molecule has 1 amide bonds. The second-order valence-electron chi connectivity index (χ2n) is 7.26. The average Bonchev–Trinajstić information content (AvgIpc) is 2.73. The molecule has 0 aliphatic carbocycles. The molecule has 0 spiro atoms. The van der Waals surface area contributed by atoms with Gasteiger partial charge in [0.1, 0.15) is 11.5 Å². The Morgan fingerprint density at radius 3 is 2.73 bits per heavy atom. The molecule has 26 heavy (non-hydrogen) atoms. The van der Waals surface area contributed by atoms with E-state index in [9.17, 15) is 4.79 Å². The van der Waals surface area contributed by atoms with Crippen molar-refractivity contribution < 1.29 is 4.79 Å². The lowest BCUT2D eigenvalue weighted by Crippen LogP contribution is -2.40. The van der Waals surface area contributed by atoms with E-state index in [2.05, 4.69) is 40.0 Å². The first-order chi connectivity index (χ1) is 12.8. The molecular weight excluding hydrogens is 324 g/mol. The Hall–Kier alpha value is -2.43. The third-order valence-electron chi connectivity index (χ3n) is 5.67. The second-order valence-corrected chi connectivity index (χ2v) is 7.26. The number of hydrogen-bond acceptors (Lipinski definition) is 4. The molecule has 2 aliphatic heterocycles. The zero-order valence-electron chi connectivity index (χ0n) is 15.4. The number of aromatic nitrogens is 2. The number of carbonyl (C=O) groups is 1. The SMILES string of the molecule is CCC1CCCCN1c1cnc(C(=O)N2CCc3ccccc3C2)cn1. The lowest BCUT2D eigenvalue weighted by Gasteiger charge is -2.36. The minimum Gasteiger partial charge on any atom is -0.352 e. The molecule has 1 saturated heterocycles. The molecule has 3 heterocycles. The number of hydrogen-bond donors (Lipinski definition) is 0. The van der Waals surface area contributed by atoms with Crippen molar-refractivity contribution in [2.24, 2.45) is 0 Å². The van der Waals surface area contributed by atoms with Crippen LogP contribution in [0.4, 0.5) is 5.82 Å². The monoisotopic (exact) mass is 350 g/mol. The molecule has 0 bridgehead atoms. The Kier molecular flexibility index (Phi) is 4.87. The highest BCUT2D eigenvalue weighted by atomic mass is 16.2. The van der Waals surface area contributed by atoms with E-state index in [1.54, 1.807) is 12.4 Å². The van der Waals surface area contributed by atoms with Crippen molar-refractivity contribution in [3.8, 4) is 0 Å². The summed E-state index contributed by atoms with van der Waals surface area (Å²) in [4.78, 5) is 26.1. The average molecular weight is 350 g/mol. The largest absolute Gasteiger partial charge is 0.352 e. The number of rotatable bonds is 3. The molecule has 136 valence electrons. The van der Waals surface area contributed by atoms with Gasteiger partial charge in [-0.15, -0.1) is 0 Å². The summed E-state index contributed by atoms with van der Waals surface area (Å²) in [5.74, 6) is 0.876. The highest BCUT2D eigenvalue weighted by Gasteiger charge is 2.25. The molecule has 1 aromatic carbocycles. The summed E-state index contributed by atoms with van der Waals surface area (Å²) in [5, 5.41) is 0. The first-order valence-electron chi connectivity index (χ1n) is 9.71. The predicted octanol–water partition coefficient (Wildman–Crippen LogP) is 3.44. The normalized spacial score (nSPS) is 20.0. The molecule has 1 fully saturated rings. The Balaban J connectivity index is 1.48. The van der Waals surface area contributed by atoms with E-state index in [1.807, 2.05) is 11.0 Å². The summed E-state index contributed by atoms with van der Waals surface area (Å²) in [6.45, 7) is 4.65. The fourth-order valence-corrected chi connectivity index (χ4v) is 4.14. The van der Waals surface area contributed by atoms with Gasteiger partial charge in [-0.1, -0.05) is 31.2 Å². The third kappa shape index (κ3) is 3.30. The minimum atomic E-state index is -0.0239. The van der Waals surface area contributed by atoms with E-state index in [-0.39, 0.29) is 5.91 Å². The standard InChI is InChI=1S/C21H26N4O/c1-2-18-9-5-6-11-25(18)20-14-22-19(13-23-20)21(26)24-12-10-16-7-3-4-8-17(16)15-24/h3-4,7-8,13-14,18H,2,5-6,9-12,15H2,1H3. The number of fused-ring (bicyclic) bond motifs is 1. The van der Waals surface area contributed by atoms with Gasteiger partial charge in [0.05, 0.1) is 12.4 Å². The van der Waals surface area contributed by atoms with Crippen LogP contribution in [0.5, 0.6) is 0 Å². The summed E-state index contributed by atoms with van der Waals surface area (Å²) in [7, 11) is 0. The smallest absolute Gasteiger partial charge is 0.274 e. The number of piperidine rings is 1. The molecule has 1 unspecified atom stereocenters. The van der Waals surface area contributed by atoms with Crippen LogP contribution in [-0.4, -0.2) is 39.9 Å². The molecule has 2 aliphatic rings. The molecular formula is C21H26N4O. The summed E-state index contributed by atoms with van der Waals surface area (Å²) in [5.41, 5.74) is 3.02. The van der Waals surface area contributed by atoms with Gasteiger partial charge < -0.3 is 9.80 Å². The van der Waals surface area contributed by atoms with Gasteiger partial charge in [0.25, 0.3) is 5.91 Å². The van der Waals surface area contributed by atoms with E-state index in [0.29, 0.717) is 18.3 Å². The van der Waals surface area contributed by atoms with Crippen molar-refractivity contribution in [3.05, 3.63) is 53.5 Å². The first kappa shape index (κ1) is 17.0. The summed E-state index contributed by atoms with van der Waals surface area (Å²) in [6.07, 6.45) is 9.15. The van der Waals surface area contributed by atoms with Crippen molar-refractivity contribution in [2.45, 2.75) is 51.6 Å². The number of carbonyl (C=O) groups excluding carboxylic acids is 1. The second kappa shape index (κ2) is 7.44. The van der Waals surface area contributed by atoms with Crippen molar-refractivity contribution >= 4 is 11.7 Å². The van der Waals surface area contributed by atoms with Gasteiger partial charge in [0.2, 0.25) is 0 Å². The van der Waals surface area contributed by atoms with Gasteiger partial charge in [0.15, 0.2) is 0 Å². The predicted molar refractivity (Wildman–Crippen MR) is 102 cm³/mol. The Labute approximate surface area is 155 Å². The molecule has 0 radical (unpaired) electrons. The number of anilines is 1. The molecule has 5 heteroatoms. The van der Waals surface area contributed by atoms with Crippen LogP contribution >= 0.6 is 0 Å². The Morgan fingerprint density at radius 2 is 1.96 bits per heavy atom. The molecule has 2 aromatic rings. The highest BCUT2D eigenvalue weighted by molar-refractivity contribution is 5.92. The topological polar surface area (TPSA) is 49.3 Å². The fourth-order valence-electron chi connectivity index (χ4n) is 4.14. The summed E-state index contributed by atoms with van der Waals surface area (Å²) >= 11 is 0. The molecule has 1 atom stereocenters. The summed E-state index contributed by atoms with van der Waals surface area (Å²) in [6, 6.07) is 8.88. The molecule has 4 rings (SSSR count). The van der Waals surface area contributed by atoms with Crippen LogP contribution in [0.1, 0.15) is 54.2 Å². The first-order valence-corrected chi connectivity index (χ1v) is 9.71. The van der Waals surface area contributed by atoms with Crippen LogP contribution in [0.2, 0.25) is 0 Å². The zero-order chi connectivity index (χ0) is 17.9. The number of nitrogens with zero attached hydrogens (tertiary/aromatic N) is 4. The minimum absolute atomic E-state index is 0.0239. The maximum absolute atomic E-state index is 12.8. The van der Waals surface area contributed by atoms with Crippen molar-refractivity contribution in [1.82, 2.24) is 14.9 Å². The summed E-state index contributed by atoms with van der Waals surface area (Å²) < 4.78 is 0. The lowest BCUT2D eigenvalue weighted by atomic mass is 10.00. The van der Waals surface area contributed by atoms with E-state index in [0.717, 1.165) is 31.7 Å². The number of amides is 1. The van der Waals surface area contributed by atoms with Crippen LogP contribution in [0.15, 0.2) is 36.7 Å². The van der Waals surface area contributed by atoms with E-state index < -0.39 is 0 Å². The molecule has 5 nitrogen and oxygen atoms in total. The van der Waals surface area contributed by atoms with E-state index >= 15 is 0 Å². The molecule has 0 N–H and O–H groups in total. The number of benzene rings is 1. The van der Waals surface area contributed by atoms with Crippen LogP contribution in [0, 0.1) is 0 Å². The van der Waals surface area contributed by atoms with Gasteiger partial charge in [-0.25, -0.2) is 9.97 Å². The van der Waals surface area contributed by atoms with Crippen LogP contribution in [-0.2, 0) is 13.0 Å². The third-order valence-corrected chi connectivity index (χ3v) is 5.67. The Bertz CT molecular complexity index is 774. The van der Waals surface area contributed by atoms with Gasteiger partial charge in [0, 0.05) is 25.7 Å². The van der Waals surface area contributed by atoms with Crippen LogP contribution in [0.25, 0.3) is 0 Å². The Morgan fingerprint density at radius 1 is 1.12 bits per heavy atom. The van der Waals surface area contributed by atoms with Gasteiger partial charge in [-0.05, 0) is 43.2 Å². The van der Waals surface area contributed by atoms with E-state index in [1.165, 1.54) is 30.4 Å². The van der Waals surface area contributed by atoms with Gasteiger partial charge >= 0.3 is 0 Å². The lowest BCUT2D eigenvalue weighted by molar-refractivity contribution is 0.0728. The van der Waals surface area contributed by atoms with Crippen LogP contribution in [0.3, 0.4) is 0 Å².